The molecule has 0 saturated carbocycles. The van der Waals surface area contributed by atoms with Crippen LogP contribution in [0.15, 0.2) is 71.8 Å². The second kappa shape index (κ2) is 6.45. The van der Waals surface area contributed by atoms with E-state index in [1.54, 1.807) is 18.7 Å². The van der Waals surface area contributed by atoms with Crippen molar-refractivity contribution in [3.8, 4) is 23.2 Å². The highest BCUT2D eigenvalue weighted by Gasteiger charge is 2.19. The molecule has 7 heteroatoms. The summed E-state index contributed by atoms with van der Waals surface area (Å²) in [6, 6.07) is 13.8. The van der Waals surface area contributed by atoms with Gasteiger partial charge < -0.3 is 13.6 Å². The van der Waals surface area contributed by atoms with Crippen LogP contribution in [0.4, 0.5) is 0 Å². The van der Waals surface area contributed by atoms with Crippen molar-refractivity contribution >= 4 is 11.0 Å². The highest BCUT2D eigenvalue weighted by Crippen LogP contribution is 2.31. The van der Waals surface area contributed by atoms with Gasteiger partial charge in [-0.25, -0.2) is 19.9 Å². The Morgan fingerprint density at radius 1 is 0.929 bits per heavy atom. The van der Waals surface area contributed by atoms with Gasteiger partial charge in [0.05, 0.1) is 22.8 Å². The second-order valence-electron chi connectivity index (χ2n) is 6.62. The fourth-order valence-corrected chi connectivity index (χ4v) is 3.45. The maximum atomic E-state index is 6.15. The Kier molecular flexibility index (Phi) is 3.79. The van der Waals surface area contributed by atoms with Gasteiger partial charge >= 0.3 is 0 Å². The van der Waals surface area contributed by atoms with E-state index in [9.17, 15) is 0 Å². The number of hydrogen-bond donors (Lipinski definition) is 0. The van der Waals surface area contributed by atoms with E-state index in [1.165, 1.54) is 0 Å². The van der Waals surface area contributed by atoms with Crippen LogP contribution in [-0.2, 0) is 7.05 Å². The van der Waals surface area contributed by atoms with E-state index >= 15 is 0 Å². The predicted molar refractivity (Wildman–Crippen MR) is 105 cm³/mol. The summed E-state index contributed by atoms with van der Waals surface area (Å²) in [6.45, 7) is 2.07. The Bertz CT molecular complexity index is 1250. The van der Waals surface area contributed by atoms with Crippen molar-refractivity contribution in [2.24, 2.45) is 7.05 Å². The van der Waals surface area contributed by atoms with Crippen LogP contribution in [-0.4, -0.2) is 29.1 Å². The topological polar surface area (TPSA) is 74.6 Å². The van der Waals surface area contributed by atoms with Crippen molar-refractivity contribution in [3.63, 3.8) is 0 Å². The molecule has 1 atom stereocenters. The minimum absolute atomic E-state index is 0.00444. The lowest BCUT2D eigenvalue weighted by molar-refractivity contribution is 0.562. The Hall–Kier alpha value is -3.74. The predicted octanol–water partition coefficient (Wildman–Crippen LogP) is 4.10. The van der Waals surface area contributed by atoms with E-state index in [1.807, 2.05) is 64.8 Å². The summed E-state index contributed by atoms with van der Waals surface area (Å²) in [6.07, 6.45) is 7.00. The van der Waals surface area contributed by atoms with Gasteiger partial charge in [-0.15, -0.1) is 0 Å². The Balaban J connectivity index is 1.54. The molecule has 0 fully saturated rings. The Labute approximate surface area is 161 Å². The lowest BCUT2D eigenvalue weighted by Crippen LogP contribution is -2.09. The van der Waals surface area contributed by atoms with E-state index in [0.717, 1.165) is 28.4 Å². The van der Waals surface area contributed by atoms with Crippen LogP contribution < -0.4 is 0 Å². The number of imidazole rings is 2. The van der Waals surface area contributed by atoms with Crippen LogP contribution in [0.5, 0.6) is 0 Å². The average Bonchev–Trinajstić information content (AvgIpc) is 3.47. The summed E-state index contributed by atoms with van der Waals surface area (Å²) in [4.78, 5) is 17.6. The molecule has 0 radical (unpaired) electrons. The first-order valence-electron chi connectivity index (χ1n) is 9.03. The first kappa shape index (κ1) is 16.4. The number of fused-ring (bicyclic) bond motifs is 1. The SMILES string of the molecule is C[C@@H](c1ccncn1)n1ccnc1-c1ccc(-c2nc3ccccc3n2C)o1. The maximum Gasteiger partial charge on any atom is 0.177 e. The van der Waals surface area contributed by atoms with Crippen molar-refractivity contribution in [3.05, 3.63) is 73.1 Å². The molecule has 0 aliphatic carbocycles. The molecule has 0 amide bonds. The van der Waals surface area contributed by atoms with Crippen LogP contribution >= 0.6 is 0 Å². The number of hydrogen-bond acceptors (Lipinski definition) is 5. The number of rotatable bonds is 4. The molecule has 138 valence electrons. The zero-order valence-electron chi connectivity index (χ0n) is 15.5. The monoisotopic (exact) mass is 370 g/mol. The van der Waals surface area contributed by atoms with E-state index in [-0.39, 0.29) is 6.04 Å². The number of aryl methyl sites for hydroxylation is 1. The molecule has 7 nitrogen and oxygen atoms in total. The molecule has 28 heavy (non-hydrogen) atoms. The van der Waals surface area contributed by atoms with Crippen LogP contribution in [0.25, 0.3) is 34.2 Å². The molecule has 0 bridgehead atoms. The van der Waals surface area contributed by atoms with Gasteiger partial charge in [-0.2, -0.15) is 0 Å². The molecule has 1 aromatic carbocycles. The zero-order valence-corrected chi connectivity index (χ0v) is 15.5. The van der Waals surface area contributed by atoms with Crippen LogP contribution in [0.1, 0.15) is 18.7 Å². The highest BCUT2D eigenvalue weighted by atomic mass is 16.3. The minimum atomic E-state index is 0.00444. The van der Waals surface area contributed by atoms with Gasteiger partial charge in [0.25, 0.3) is 0 Å². The number of furan rings is 1. The molecule has 0 N–H and O–H groups in total. The van der Waals surface area contributed by atoms with E-state index in [4.69, 9.17) is 9.40 Å². The molecule has 0 unspecified atom stereocenters. The van der Waals surface area contributed by atoms with Gasteiger partial charge in [-0.05, 0) is 37.3 Å². The van der Waals surface area contributed by atoms with Crippen LogP contribution in [0.3, 0.4) is 0 Å². The lowest BCUT2D eigenvalue weighted by Gasteiger charge is -2.14. The molecular weight excluding hydrogens is 352 g/mol. The standard InChI is InChI=1S/C21H18N6O/c1-14(15-9-10-22-13-24-15)27-12-11-23-20(27)18-7-8-19(28-18)21-25-16-5-3-4-6-17(16)26(21)2/h3-14H,1-2H3/t14-/m0/s1. The number of nitrogens with zero attached hydrogens (tertiary/aromatic N) is 6. The van der Waals surface area contributed by atoms with E-state index < -0.39 is 0 Å². The lowest BCUT2D eigenvalue weighted by atomic mass is 10.2. The smallest absolute Gasteiger partial charge is 0.177 e. The van der Waals surface area contributed by atoms with Crippen molar-refractivity contribution in [2.75, 3.05) is 0 Å². The van der Waals surface area contributed by atoms with Crippen LogP contribution in [0.2, 0.25) is 0 Å². The molecule has 5 rings (SSSR count). The van der Waals surface area contributed by atoms with Gasteiger partial charge in [0.1, 0.15) is 6.33 Å². The fourth-order valence-electron chi connectivity index (χ4n) is 3.45. The fraction of sp³-hybridized carbons (Fsp3) is 0.143. The Morgan fingerprint density at radius 3 is 2.54 bits per heavy atom. The quantitative estimate of drug-likeness (QED) is 0.476. The van der Waals surface area contributed by atoms with E-state index in [2.05, 4.69) is 21.9 Å². The van der Waals surface area contributed by atoms with Crippen molar-refractivity contribution in [2.45, 2.75) is 13.0 Å². The zero-order chi connectivity index (χ0) is 19.1. The number of para-hydroxylation sites is 2. The molecule has 5 aromatic rings. The van der Waals surface area contributed by atoms with Crippen LogP contribution in [0, 0.1) is 0 Å². The first-order chi connectivity index (χ1) is 13.7. The molecular formula is C21H18N6O. The number of aromatic nitrogens is 6. The van der Waals surface area contributed by atoms with Crippen molar-refractivity contribution in [1.82, 2.24) is 29.1 Å². The van der Waals surface area contributed by atoms with Gasteiger partial charge in [0.15, 0.2) is 23.2 Å². The van der Waals surface area contributed by atoms with Crippen molar-refractivity contribution in [1.29, 1.82) is 0 Å². The Morgan fingerprint density at radius 2 is 1.75 bits per heavy atom. The number of benzene rings is 1. The first-order valence-corrected chi connectivity index (χ1v) is 9.03. The van der Waals surface area contributed by atoms with Crippen molar-refractivity contribution < 1.29 is 4.42 Å². The van der Waals surface area contributed by atoms with Gasteiger partial charge in [0.2, 0.25) is 0 Å². The third-order valence-electron chi connectivity index (χ3n) is 4.95. The van der Waals surface area contributed by atoms with Gasteiger partial charge in [0, 0.05) is 25.6 Å². The molecule has 0 spiro atoms. The largest absolute Gasteiger partial charge is 0.450 e. The molecule has 0 aliphatic rings. The summed E-state index contributed by atoms with van der Waals surface area (Å²) in [5, 5.41) is 0. The summed E-state index contributed by atoms with van der Waals surface area (Å²) in [7, 11) is 1.99. The second-order valence-corrected chi connectivity index (χ2v) is 6.62. The molecule has 0 saturated heterocycles. The normalized spacial score (nSPS) is 12.5. The highest BCUT2D eigenvalue weighted by molar-refractivity contribution is 5.79. The summed E-state index contributed by atoms with van der Waals surface area (Å²) in [5.74, 6) is 2.93. The maximum absolute atomic E-state index is 6.15. The minimum Gasteiger partial charge on any atom is -0.450 e. The molecule has 4 heterocycles. The van der Waals surface area contributed by atoms with E-state index in [0.29, 0.717) is 11.5 Å². The summed E-state index contributed by atoms with van der Waals surface area (Å²) < 4.78 is 10.2. The van der Waals surface area contributed by atoms with Gasteiger partial charge in [-0.1, -0.05) is 12.1 Å². The summed E-state index contributed by atoms with van der Waals surface area (Å²) in [5.41, 5.74) is 2.92. The summed E-state index contributed by atoms with van der Waals surface area (Å²) >= 11 is 0. The third-order valence-corrected chi connectivity index (χ3v) is 4.95. The molecule has 0 aliphatic heterocycles. The van der Waals surface area contributed by atoms with Gasteiger partial charge in [-0.3, -0.25) is 0 Å². The third kappa shape index (κ3) is 2.60. The molecule has 4 aromatic heterocycles. The average molecular weight is 370 g/mol.